The van der Waals surface area contributed by atoms with Gasteiger partial charge in [-0.3, -0.25) is 4.79 Å². The van der Waals surface area contributed by atoms with Crippen LogP contribution >= 0.6 is 0 Å². The lowest BCUT2D eigenvalue weighted by Crippen LogP contribution is -2.18. The molecule has 0 saturated carbocycles. The number of ether oxygens (including phenoxy) is 2. The molecule has 0 aliphatic carbocycles. The first-order valence-electron chi connectivity index (χ1n) is 6.79. The summed E-state index contributed by atoms with van der Waals surface area (Å²) in [5, 5.41) is 2.57. The number of carbonyl (C=O) groups is 1. The molecule has 1 N–H and O–H groups in total. The van der Waals surface area contributed by atoms with Crippen LogP contribution in [0.3, 0.4) is 0 Å². The summed E-state index contributed by atoms with van der Waals surface area (Å²) in [4.78, 5) is 10.9. The van der Waals surface area contributed by atoms with Crippen molar-refractivity contribution in [1.82, 2.24) is 5.32 Å². The second-order valence-electron chi connectivity index (χ2n) is 3.55. The molecular formula is C15H25NO3. The number of nitrogens with one attached hydrogen (secondary N) is 1. The van der Waals surface area contributed by atoms with Gasteiger partial charge in [-0.15, -0.1) is 0 Å². The molecule has 0 bridgehead atoms. The summed E-state index contributed by atoms with van der Waals surface area (Å²) in [7, 11) is 1.64. The van der Waals surface area contributed by atoms with E-state index in [1.165, 1.54) is 0 Å². The Hall–Kier alpha value is -1.55. The maximum atomic E-state index is 10.9. The number of benzene rings is 1. The normalized spacial score (nSPS) is 9.21. The molecule has 0 aliphatic heterocycles. The molecule has 0 aliphatic rings. The summed E-state index contributed by atoms with van der Waals surface area (Å²) < 4.78 is 10.8. The molecule has 0 radical (unpaired) electrons. The lowest BCUT2D eigenvalue weighted by Gasteiger charge is -2.06. The fraction of sp³-hybridized carbons (Fsp3) is 0.533. The van der Waals surface area contributed by atoms with E-state index in [-0.39, 0.29) is 5.91 Å². The van der Waals surface area contributed by atoms with Gasteiger partial charge in [0.1, 0.15) is 12.4 Å². The maximum absolute atomic E-state index is 10.9. The number of amides is 1. The molecule has 108 valence electrons. The molecule has 4 heteroatoms. The first kappa shape index (κ1) is 17.4. The minimum absolute atomic E-state index is 0.0501. The average molecular weight is 267 g/mol. The number of para-hydroxylation sites is 1. The molecule has 0 heterocycles. The molecule has 0 spiro atoms. The van der Waals surface area contributed by atoms with Gasteiger partial charge in [0.15, 0.2) is 0 Å². The molecule has 0 atom stereocenters. The second kappa shape index (κ2) is 12.9. The van der Waals surface area contributed by atoms with Crippen LogP contribution in [0, 0.1) is 0 Å². The molecule has 4 nitrogen and oxygen atoms in total. The van der Waals surface area contributed by atoms with Crippen molar-refractivity contribution in [2.45, 2.75) is 26.7 Å². The van der Waals surface area contributed by atoms with E-state index < -0.39 is 0 Å². The predicted octanol–water partition coefficient (Wildman–Crippen LogP) is 2.63. The van der Waals surface area contributed by atoms with Gasteiger partial charge in [-0.1, -0.05) is 32.0 Å². The van der Waals surface area contributed by atoms with E-state index in [1.807, 2.05) is 44.2 Å². The Morgan fingerprint density at radius 2 is 1.79 bits per heavy atom. The van der Waals surface area contributed by atoms with Gasteiger partial charge in [0.05, 0.1) is 6.61 Å². The van der Waals surface area contributed by atoms with Crippen molar-refractivity contribution in [3.63, 3.8) is 0 Å². The number of carbonyl (C=O) groups excluding carboxylic acids is 1. The highest BCUT2D eigenvalue weighted by Crippen LogP contribution is 2.07. The quantitative estimate of drug-likeness (QED) is 0.737. The Morgan fingerprint density at radius 1 is 1.11 bits per heavy atom. The Bertz CT molecular complexity index is 314. The standard InChI is InChI=1S/C13H19NO3.C2H6/c1-14-13(15)8-5-9-16-10-11-17-12-6-3-2-4-7-12;1-2/h2-4,6-7H,5,8-11H2,1H3,(H,14,15);1-2H3. The van der Waals surface area contributed by atoms with Crippen molar-refractivity contribution in [3.05, 3.63) is 30.3 Å². The molecule has 1 aromatic carbocycles. The topological polar surface area (TPSA) is 47.6 Å². The molecular weight excluding hydrogens is 242 g/mol. The van der Waals surface area contributed by atoms with Gasteiger partial charge in [-0.2, -0.15) is 0 Å². The molecule has 0 unspecified atom stereocenters. The van der Waals surface area contributed by atoms with Gasteiger partial charge >= 0.3 is 0 Å². The second-order valence-corrected chi connectivity index (χ2v) is 3.55. The summed E-state index contributed by atoms with van der Waals surface area (Å²) in [6.07, 6.45) is 1.25. The van der Waals surface area contributed by atoms with Gasteiger partial charge in [-0.05, 0) is 18.6 Å². The van der Waals surface area contributed by atoms with E-state index in [9.17, 15) is 4.79 Å². The summed E-state index contributed by atoms with van der Waals surface area (Å²) in [5.41, 5.74) is 0. The monoisotopic (exact) mass is 267 g/mol. The summed E-state index contributed by atoms with van der Waals surface area (Å²) in [6.45, 7) is 5.66. The van der Waals surface area contributed by atoms with Crippen molar-refractivity contribution in [2.75, 3.05) is 26.9 Å². The summed E-state index contributed by atoms with van der Waals surface area (Å²) in [5.74, 6) is 0.899. The molecule has 1 aromatic rings. The van der Waals surface area contributed by atoms with Gasteiger partial charge in [0, 0.05) is 20.1 Å². The first-order valence-corrected chi connectivity index (χ1v) is 6.79. The van der Waals surface area contributed by atoms with Gasteiger partial charge in [-0.25, -0.2) is 0 Å². The average Bonchev–Trinajstić information content (AvgIpc) is 2.49. The molecule has 0 aromatic heterocycles. The van der Waals surface area contributed by atoms with E-state index in [0.717, 1.165) is 12.2 Å². The first-order chi connectivity index (χ1) is 9.33. The van der Waals surface area contributed by atoms with E-state index in [0.29, 0.717) is 26.2 Å². The predicted molar refractivity (Wildman–Crippen MR) is 77.4 cm³/mol. The van der Waals surface area contributed by atoms with Crippen molar-refractivity contribution in [2.24, 2.45) is 0 Å². The molecule has 19 heavy (non-hydrogen) atoms. The van der Waals surface area contributed by atoms with Crippen molar-refractivity contribution >= 4 is 5.91 Å². The van der Waals surface area contributed by atoms with Gasteiger partial charge in [0.25, 0.3) is 0 Å². The van der Waals surface area contributed by atoms with Crippen LogP contribution in [0.1, 0.15) is 26.7 Å². The number of hydrogen-bond acceptors (Lipinski definition) is 3. The van der Waals surface area contributed by atoms with Crippen molar-refractivity contribution in [3.8, 4) is 5.75 Å². The minimum Gasteiger partial charge on any atom is -0.491 e. The summed E-state index contributed by atoms with van der Waals surface area (Å²) in [6, 6.07) is 9.62. The van der Waals surface area contributed by atoms with Crippen LogP contribution in [0.25, 0.3) is 0 Å². The largest absolute Gasteiger partial charge is 0.491 e. The smallest absolute Gasteiger partial charge is 0.219 e. The van der Waals surface area contributed by atoms with Crippen LogP contribution in [0.2, 0.25) is 0 Å². The zero-order chi connectivity index (χ0) is 14.3. The van der Waals surface area contributed by atoms with Crippen molar-refractivity contribution in [1.29, 1.82) is 0 Å². The highest BCUT2D eigenvalue weighted by molar-refractivity contribution is 5.75. The SMILES string of the molecule is CC.CNC(=O)CCCOCCOc1ccccc1. The highest BCUT2D eigenvalue weighted by atomic mass is 16.5. The highest BCUT2D eigenvalue weighted by Gasteiger charge is 1.97. The van der Waals surface area contributed by atoms with E-state index in [2.05, 4.69) is 5.32 Å². The van der Waals surface area contributed by atoms with Crippen LogP contribution in [-0.2, 0) is 9.53 Å². The number of rotatable bonds is 8. The van der Waals surface area contributed by atoms with Crippen LogP contribution < -0.4 is 10.1 Å². The maximum Gasteiger partial charge on any atom is 0.219 e. The lowest BCUT2D eigenvalue weighted by molar-refractivity contribution is -0.120. The summed E-state index contributed by atoms with van der Waals surface area (Å²) >= 11 is 0. The molecule has 1 rings (SSSR count). The fourth-order valence-corrected chi connectivity index (χ4v) is 1.30. The Morgan fingerprint density at radius 3 is 2.42 bits per heavy atom. The lowest BCUT2D eigenvalue weighted by atomic mass is 10.3. The van der Waals surface area contributed by atoms with Crippen LogP contribution in [0.15, 0.2) is 30.3 Å². The van der Waals surface area contributed by atoms with Crippen LogP contribution in [0.4, 0.5) is 0 Å². The third kappa shape index (κ3) is 10.1. The Balaban J connectivity index is 0.00000154. The van der Waals surface area contributed by atoms with E-state index in [1.54, 1.807) is 7.05 Å². The van der Waals surface area contributed by atoms with Crippen molar-refractivity contribution < 1.29 is 14.3 Å². The minimum atomic E-state index is 0.0501. The van der Waals surface area contributed by atoms with Crippen LogP contribution in [-0.4, -0.2) is 32.8 Å². The molecule has 1 amide bonds. The van der Waals surface area contributed by atoms with Gasteiger partial charge in [0.2, 0.25) is 5.91 Å². The Labute approximate surface area is 116 Å². The fourth-order valence-electron chi connectivity index (χ4n) is 1.30. The Kier molecular flexibility index (Phi) is 11.8. The van der Waals surface area contributed by atoms with Gasteiger partial charge < -0.3 is 14.8 Å². The molecule has 0 saturated heterocycles. The van der Waals surface area contributed by atoms with E-state index in [4.69, 9.17) is 9.47 Å². The zero-order valence-electron chi connectivity index (χ0n) is 12.1. The third-order valence-electron chi connectivity index (χ3n) is 2.21. The molecule has 0 fully saturated rings. The third-order valence-corrected chi connectivity index (χ3v) is 2.21. The number of hydrogen-bond donors (Lipinski definition) is 1. The van der Waals surface area contributed by atoms with Crippen LogP contribution in [0.5, 0.6) is 5.75 Å². The van der Waals surface area contributed by atoms with E-state index >= 15 is 0 Å². The zero-order valence-corrected chi connectivity index (χ0v) is 12.1.